The fourth-order valence-electron chi connectivity index (χ4n) is 3.73. The number of carboxylic acid groups (broad SMARTS) is 1. The molecule has 0 saturated carbocycles. The molecule has 1 aromatic rings. The second-order valence-corrected chi connectivity index (χ2v) is 6.32. The minimum absolute atomic E-state index is 0.265. The number of carbonyl (C=O) groups is 1. The lowest BCUT2D eigenvalue weighted by Crippen LogP contribution is -2.50. The van der Waals surface area contributed by atoms with Gasteiger partial charge in [-0.2, -0.15) is 0 Å². The Kier molecular flexibility index (Phi) is 3.79. The molecule has 3 heterocycles. The van der Waals surface area contributed by atoms with E-state index < -0.39 is 5.97 Å². The Hall–Kier alpha value is -1.35. The molecule has 0 unspecified atom stereocenters. The summed E-state index contributed by atoms with van der Waals surface area (Å²) in [5.41, 5.74) is 3.19. The molecule has 0 atom stereocenters. The number of fused-ring (bicyclic) bond motifs is 3. The fourth-order valence-corrected chi connectivity index (χ4v) is 3.73. The number of rotatable bonds is 5. The van der Waals surface area contributed by atoms with Crippen molar-refractivity contribution in [1.82, 2.24) is 4.90 Å². The number of aryl methyl sites for hydroxylation is 1. The van der Waals surface area contributed by atoms with Crippen molar-refractivity contribution in [3.63, 3.8) is 0 Å². The summed E-state index contributed by atoms with van der Waals surface area (Å²) < 4.78 is 0. The highest BCUT2D eigenvalue weighted by Crippen LogP contribution is 2.42. The van der Waals surface area contributed by atoms with Crippen LogP contribution in [0.4, 0.5) is 0 Å². The summed E-state index contributed by atoms with van der Waals surface area (Å²) in [6, 6.07) is 8.98. The quantitative estimate of drug-likeness (QED) is 0.897. The van der Waals surface area contributed by atoms with Crippen molar-refractivity contribution in [3.8, 4) is 0 Å². The smallest absolute Gasteiger partial charge is 0.303 e. The number of hydrogen-bond acceptors (Lipinski definition) is 2. The van der Waals surface area contributed by atoms with Gasteiger partial charge in [-0.3, -0.25) is 4.79 Å². The van der Waals surface area contributed by atoms with Crippen LogP contribution in [-0.4, -0.2) is 35.6 Å². The van der Waals surface area contributed by atoms with Crippen molar-refractivity contribution in [2.24, 2.45) is 0 Å². The van der Waals surface area contributed by atoms with Crippen LogP contribution in [0.3, 0.4) is 0 Å². The molecule has 20 heavy (non-hydrogen) atoms. The molecule has 3 fully saturated rings. The van der Waals surface area contributed by atoms with E-state index in [4.69, 9.17) is 5.11 Å². The van der Waals surface area contributed by atoms with Gasteiger partial charge in [-0.25, -0.2) is 0 Å². The van der Waals surface area contributed by atoms with Gasteiger partial charge in [0.05, 0.1) is 0 Å². The standard InChI is InChI=1S/C17H23NO2/c19-16(20)3-1-2-14-4-6-15(7-5-14)17-8-11-18(12-9-17)13-10-17/h4-7H,1-3,8-13H2,(H,19,20). The predicted octanol–water partition coefficient (Wildman–Crippen LogP) is 2.83. The first-order valence-corrected chi connectivity index (χ1v) is 7.72. The van der Waals surface area contributed by atoms with Gasteiger partial charge < -0.3 is 10.0 Å². The minimum Gasteiger partial charge on any atom is -0.481 e. The third-order valence-corrected chi connectivity index (χ3v) is 5.14. The predicted molar refractivity (Wildman–Crippen MR) is 79.0 cm³/mol. The first-order valence-electron chi connectivity index (χ1n) is 7.72. The molecule has 3 nitrogen and oxygen atoms in total. The minimum atomic E-state index is -0.700. The molecule has 0 radical (unpaired) electrons. The fraction of sp³-hybridized carbons (Fsp3) is 0.588. The van der Waals surface area contributed by atoms with E-state index in [9.17, 15) is 4.79 Å². The number of piperidine rings is 3. The molecule has 0 spiro atoms. The lowest BCUT2D eigenvalue weighted by Gasteiger charge is -2.49. The Morgan fingerprint density at radius 3 is 2.25 bits per heavy atom. The van der Waals surface area contributed by atoms with E-state index in [2.05, 4.69) is 29.2 Å². The van der Waals surface area contributed by atoms with Gasteiger partial charge in [-0.05, 0) is 68.3 Å². The Labute approximate surface area is 120 Å². The van der Waals surface area contributed by atoms with Gasteiger partial charge in [0.15, 0.2) is 0 Å². The van der Waals surface area contributed by atoms with Crippen molar-refractivity contribution in [2.45, 2.75) is 43.9 Å². The van der Waals surface area contributed by atoms with E-state index in [-0.39, 0.29) is 6.42 Å². The van der Waals surface area contributed by atoms with E-state index in [1.54, 1.807) is 0 Å². The van der Waals surface area contributed by atoms with Crippen LogP contribution in [0.15, 0.2) is 24.3 Å². The maximum Gasteiger partial charge on any atom is 0.303 e. The van der Waals surface area contributed by atoms with Gasteiger partial charge in [0.1, 0.15) is 0 Å². The summed E-state index contributed by atoms with van der Waals surface area (Å²) in [6.45, 7) is 3.75. The monoisotopic (exact) mass is 273 g/mol. The van der Waals surface area contributed by atoms with Crippen molar-refractivity contribution >= 4 is 5.97 Å². The Balaban J connectivity index is 1.65. The maximum absolute atomic E-state index is 10.5. The summed E-state index contributed by atoms with van der Waals surface area (Å²) in [4.78, 5) is 13.1. The number of hydrogen-bond donors (Lipinski definition) is 1. The zero-order valence-electron chi connectivity index (χ0n) is 12.0. The van der Waals surface area contributed by atoms with Gasteiger partial charge in [0.25, 0.3) is 0 Å². The van der Waals surface area contributed by atoms with Gasteiger partial charge >= 0.3 is 5.97 Å². The van der Waals surface area contributed by atoms with Crippen molar-refractivity contribution in [2.75, 3.05) is 19.6 Å². The molecule has 2 bridgehead atoms. The molecule has 0 amide bonds. The zero-order chi connectivity index (χ0) is 14.0. The largest absolute Gasteiger partial charge is 0.481 e. The molecular weight excluding hydrogens is 250 g/mol. The topological polar surface area (TPSA) is 40.5 Å². The normalized spacial score (nSPS) is 28.5. The molecule has 0 aromatic heterocycles. The zero-order valence-corrected chi connectivity index (χ0v) is 12.0. The Morgan fingerprint density at radius 1 is 1.10 bits per heavy atom. The van der Waals surface area contributed by atoms with Crippen LogP contribution < -0.4 is 0 Å². The van der Waals surface area contributed by atoms with Crippen LogP contribution in [-0.2, 0) is 16.6 Å². The summed E-state index contributed by atoms with van der Waals surface area (Å²) >= 11 is 0. The number of carboxylic acids is 1. The molecule has 3 heteroatoms. The highest BCUT2D eigenvalue weighted by molar-refractivity contribution is 5.66. The SMILES string of the molecule is O=C(O)CCCc1ccc(C23CCN(CC2)CC3)cc1. The number of nitrogens with zero attached hydrogens (tertiary/aromatic N) is 1. The van der Waals surface area contributed by atoms with Crippen LogP contribution in [0.5, 0.6) is 0 Å². The van der Waals surface area contributed by atoms with E-state index >= 15 is 0 Å². The average Bonchev–Trinajstić information content (AvgIpc) is 2.49. The first-order chi connectivity index (χ1) is 9.68. The molecule has 1 N–H and O–H groups in total. The molecule has 3 saturated heterocycles. The van der Waals surface area contributed by atoms with E-state index in [0.29, 0.717) is 5.41 Å². The van der Waals surface area contributed by atoms with Gasteiger partial charge in [-0.1, -0.05) is 24.3 Å². The van der Waals surface area contributed by atoms with Crippen LogP contribution in [0.1, 0.15) is 43.2 Å². The van der Waals surface area contributed by atoms with Crippen LogP contribution in [0.2, 0.25) is 0 Å². The summed E-state index contributed by atoms with van der Waals surface area (Å²) in [5.74, 6) is -0.700. The van der Waals surface area contributed by atoms with Gasteiger partial charge in [0.2, 0.25) is 0 Å². The van der Waals surface area contributed by atoms with Crippen LogP contribution in [0, 0.1) is 0 Å². The van der Waals surface area contributed by atoms with E-state index in [1.165, 1.54) is 50.0 Å². The lowest BCUT2D eigenvalue weighted by molar-refractivity contribution is -0.137. The highest BCUT2D eigenvalue weighted by atomic mass is 16.4. The Bertz CT molecular complexity index is 458. The first kappa shape index (κ1) is 13.6. The third-order valence-electron chi connectivity index (χ3n) is 5.14. The second-order valence-electron chi connectivity index (χ2n) is 6.32. The number of benzene rings is 1. The third kappa shape index (κ3) is 2.73. The van der Waals surface area contributed by atoms with Crippen molar-refractivity contribution in [1.29, 1.82) is 0 Å². The molecule has 3 aliphatic rings. The van der Waals surface area contributed by atoms with E-state index in [1.807, 2.05) is 0 Å². The van der Waals surface area contributed by atoms with E-state index in [0.717, 1.165) is 12.8 Å². The summed E-state index contributed by atoms with van der Waals surface area (Å²) in [7, 11) is 0. The molecule has 0 aliphatic carbocycles. The summed E-state index contributed by atoms with van der Waals surface area (Å²) in [5, 5.41) is 8.67. The molecule has 3 aliphatic heterocycles. The summed E-state index contributed by atoms with van der Waals surface area (Å²) in [6.07, 6.45) is 5.76. The van der Waals surface area contributed by atoms with Crippen LogP contribution in [0.25, 0.3) is 0 Å². The van der Waals surface area contributed by atoms with Crippen molar-refractivity contribution in [3.05, 3.63) is 35.4 Å². The molecule has 1 aromatic carbocycles. The van der Waals surface area contributed by atoms with Crippen LogP contribution >= 0.6 is 0 Å². The number of aliphatic carboxylic acids is 1. The molecular formula is C17H23NO2. The van der Waals surface area contributed by atoms with Crippen molar-refractivity contribution < 1.29 is 9.90 Å². The van der Waals surface area contributed by atoms with Gasteiger partial charge in [0, 0.05) is 6.42 Å². The highest BCUT2D eigenvalue weighted by Gasteiger charge is 2.40. The average molecular weight is 273 g/mol. The maximum atomic E-state index is 10.5. The van der Waals surface area contributed by atoms with Gasteiger partial charge in [-0.15, -0.1) is 0 Å². The molecule has 4 rings (SSSR count). The lowest BCUT2D eigenvalue weighted by atomic mass is 9.67. The second kappa shape index (κ2) is 5.57. The Morgan fingerprint density at radius 2 is 1.70 bits per heavy atom. The molecule has 108 valence electrons.